The van der Waals surface area contributed by atoms with Gasteiger partial charge in [-0.05, 0) is 37.0 Å². The molecule has 0 aliphatic rings. The number of benzene rings is 1. The zero-order valence-electron chi connectivity index (χ0n) is 28.3. The fourth-order valence-electron chi connectivity index (χ4n) is 4.17. The number of esters is 1. The average molecular weight is 643 g/mol. The van der Waals surface area contributed by atoms with Crippen LogP contribution in [0.5, 0.6) is 5.75 Å². The van der Waals surface area contributed by atoms with Crippen LogP contribution < -0.4 is 4.74 Å². The van der Waals surface area contributed by atoms with Gasteiger partial charge in [0.15, 0.2) is 0 Å². The van der Waals surface area contributed by atoms with Crippen LogP contribution in [0.15, 0.2) is 24.3 Å². The Balaban J connectivity index is 1.73. The monoisotopic (exact) mass is 642 g/mol. The highest BCUT2D eigenvalue weighted by Gasteiger charge is 2.01. The molecule has 0 aliphatic heterocycles. The molecule has 0 spiro atoms. The molecule has 1 aromatic rings. The third-order valence-electron chi connectivity index (χ3n) is 6.67. The third-order valence-corrected chi connectivity index (χ3v) is 6.67. The van der Waals surface area contributed by atoms with Crippen molar-refractivity contribution in [2.75, 3.05) is 106 Å². The van der Waals surface area contributed by atoms with Crippen molar-refractivity contribution in [3.63, 3.8) is 0 Å². The number of hydrogen-bond acceptors (Lipinski definition) is 10. The normalized spacial score (nSPS) is 11.2. The van der Waals surface area contributed by atoms with Gasteiger partial charge in [0.1, 0.15) is 19.0 Å². The Morgan fingerprint density at radius 3 is 1.31 bits per heavy atom. The van der Waals surface area contributed by atoms with Crippen molar-refractivity contribution in [2.24, 2.45) is 0 Å². The van der Waals surface area contributed by atoms with Crippen molar-refractivity contribution < 1.29 is 47.4 Å². The second-order valence-corrected chi connectivity index (χ2v) is 10.6. The van der Waals surface area contributed by atoms with Crippen molar-refractivity contribution in [2.45, 2.75) is 78.1 Å². The number of ether oxygens (including phenoxy) is 9. The van der Waals surface area contributed by atoms with Crippen LogP contribution in [0.1, 0.15) is 77.2 Å². The Labute approximate surface area is 272 Å². The van der Waals surface area contributed by atoms with Gasteiger partial charge in [-0.2, -0.15) is 0 Å². The summed E-state index contributed by atoms with van der Waals surface area (Å²) < 4.78 is 49.1. The lowest BCUT2D eigenvalue weighted by Gasteiger charge is -2.09. The molecule has 0 saturated heterocycles. The smallest absolute Gasteiger partial charge is 0.305 e. The average Bonchev–Trinajstić information content (AvgIpc) is 3.05. The lowest BCUT2D eigenvalue weighted by atomic mass is 10.0. The van der Waals surface area contributed by atoms with Crippen LogP contribution in [0.2, 0.25) is 0 Å². The van der Waals surface area contributed by atoms with Crippen LogP contribution in [-0.4, -0.2) is 112 Å². The molecule has 0 fully saturated rings. The van der Waals surface area contributed by atoms with Gasteiger partial charge in [-0.25, -0.2) is 0 Å². The fourth-order valence-corrected chi connectivity index (χ4v) is 4.17. The molecule has 0 unspecified atom stereocenters. The summed E-state index contributed by atoms with van der Waals surface area (Å²) in [5.41, 5.74) is 1.38. The molecule has 0 heterocycles. The molecule has 0 aliphatic carbocycles. The van der Waals surface area contributed by atoms with Gasteiger partial charge in [0.2, 0.25) is 0 Å². The van der Waals surface area contributed by atoms with Gasteiger partial charge in [-0.3, -0.25) is 4.79 Å². The van der Waals surface area contributed by atoms with Crippen LogP contribution in [0.25, 0.3) is 0 Å². The highest BCUT2D eigenvalue weighted by atomic mass is 16.6. The van der Waals surface area contributed by atoms with E-state index < -0.39 is 0 Å². The van der Waals surface area contributed by atoms with Gasteiger partial charge in [0, 0.05) is 6.42 Å². The first kappa shape index (κ1) is 41.2. The second kappa shape index (κ2) is 33.6. The van der Waals surface area contributed by atoms with E-state index in [9.17, 15) is 4.79 Å². The summed E-state index contributed by atoms with van der Waals surface area (Å²) in [7, 11) is 0. The zero-order valence-corrected chi connectivity index (χ0v) is 28.3. The quantitative estimate of drug-likeness (QED) is 0.0666. The maximum absolute atomic E-state index is 11.2. The molecule has 45 heavy (non-hydrogen) atoms. The molecule has 0 amide bonds. The molecule has 10 heteroatoms. The molecule has 1 rings (SSSR count). The molecule has 10 nitrogen and oxygen atoms in total. The van der Waals surface area contributed by atoms with Crippen molar-refractivity contribution in [1.82, 2.24) is 0 Å². The Bertz CT molecular complexity index is 746. The molecule has 0 atom stereocenters. The molecule has 0 saturated carbocycles. The SMILES string of the molecule is CCCCCCCCCc1ccc(OCCOCCOCCOCCOCCOCCOCCOCCOC(=O)CCC)cc1. The first-order chi connectivity index (χ1) is 22.3. The lowest BCUT2D eigenvalue weighted by molar-refractivity contribution is -0.145. The number of aryl methyl sites for hydroxylation is 1. The number of hydrogen-bond donors (Lipinski definition) is 0. The topological polar surface area (TPSA) is 100 Å². The van der Waals surface area contributed by atoms with E-state index >= 15 is 0 Å². The van der Waals surface area contributed by atoms with Crippen molar-refractivity contribution in [3.05, 3.63) is 29.8 Å². The lowest BCUT2D eigenvalue weighted by Crippen LogP contribution is -2.15. The number of unbranched alkanes of at least 4 members (excludes halogenated alkanes) is 6. The van der Waals surface area contributed by atoms with Crippen molar-refractivity contribution in [1.29, 1.82) is 0 Å². The third kappa shape index (κ3) is 29.4. The number of carbonyl (C=O) groups is 1. The van der Waals surface area contributed by atoms with Crippen LogP contribution in [0.4, 0.5) is 0 Å². The van der Waals surface area contributed by atoms with Crippen LogP contribution >= 0.6 is 0 Å². The van der Waals surface area contributed by atoms with Crippen LogP contribution in [-0.2, 0) is 49.1 Å². The Morgan fingerprint density at radius 1 is 0.467 bits per heavy atom. The van der Waals surface area contributed by atoms with Gasteiger partial charge in [-0.15, -0.1) is 0 Å². The summed E-state index contributed by atoms with van der Waals surface area (Å²) in [4.78, 5) is 11.2. The fraction of sp³-hybridized carbons (Fsp3) is 0.800. The summed E-state index contributed by atoms with van der Waals surface area (Å²) in [6.07, 6.45) is 11.8. The zero-order chi connectivity index (χ0) is 32.3. The van der Waals surface area contributed by atoms with E-state index in [0.717, 1.165) is 18.6 Å². The predicted octanol–water partition coefficient (Wildman–Crippen LogP) is 5.82. The standard InChI is InChI=1S/C35H62O10/c1-3-5-6-7-8-9-10-12-33-13-15-34(16-14-33)44-31-29-42-27-25-40-23-21-38-19-17-37-18-20-39-22-24-41-26-28-43-30-32-45-35(36)11-4-2/h13-16H,3-12,17-32H2,1-2H3. The van der Waals surface area contributed by atoms with Gasteiger partial charge in [0.25, 0.3) is 0 Å². The molecular formula is C35H62O10. The van der Waals surface area contributed by atoms with Crippen molar-refractivity contribution in [3.8, 4) is 5.75 Å². The highest BCUT2D eigenvalue weighted by Crippen LogP contribution is 2.15. The number of carbonyl (C=O) groups excluding carboxylic acids is 1. The highest BCUT2D eigenvalue weighted by molar-refractivity contribution is 5.69. The molecule has 0 aromatic heterocycles. The van der Waals surface area contributed by atoms with Gasteiger partial charge in [-0.1, -0.05) is 64.5 Å². The van der Waals surface area contributed by atoms with E-state index in [2.05, 4.69) is 31.2 Å². The molecule has 0 radical (unpaired) electrons. The van der Waals surface area contributed by atoms with E-state index in [4.69, 9.17) is 42.6 Å². The summed E-state index contributed by atoms with van der Waals surface area (Å²) in [5, 5.41) is 0. The molecule has 1 aromatic carbocycles. The summed E-state index contributed by atoms with van der Waals surface area (Å²) in [6, 6.07) is 8.44. The Kier molecular flexibility index (Phi) is 30.8. The Hall–Kier alpha value is -1.79. The van der Waals surface area contributed by atoms with E-state index in [-0.39, 0.29) is 12.6 Å². The summed E-state index contributed by atoms with van der Waals surface area (Å²) >= 11 is 0. The minimum atomic E-state index is -0.183. The molecule has 0 N–H and O–H groups in total. The van der Waals surface area contributed by atoms with E-state index in [0.29, 0.717) is 106 Å². The summed E-state index contributed by atoms with van der Waals surface area (Å²) in [5.74, 6) is 0.702. The first-order valence-corrected chi connectivity index (χ1v) is 17.2. The molecule has 0 bridgehead atoms. The minimum absolute atomic E-state index is 0.183. The van der Waals surface area contributed by atoms with Gasteiger partial charge >= 0.3 is 5.97 Å². The second-order valence-electron chi connectivity index (χ2n) is 10.6. The number of rotatable bonds is 35. The largest absolute Gasteiger partial charge is 0.491 e. The maximum atomic E-state index is 11.2. The predicted molar refractivity (Wildman–Crippen MR) is 175 cm³/mol. The van der Waals surface area contributed by atoms with Crippen LogP contribution in [0, 0.1) is 0 Å². The van der Waals surface area contributed by atoms with Crippen molar-refractivity contribution >= 4 is 5.97 Å². The summed E-state index contributed by atoms with van der Waals surface area (Å²) in [6.45, 7) is 12.0. The molecular weight excluding hydrogens is 580 g/mol. The van der Waals surface area contributed by atoms with E-state index in [1.165, 1.54) is 50.5 Å². The maximum Gasteiger partial charge on any atom is 0.305 e. The first-order valence-electron chi connectivity index (χ1n) is 17.2. The Morgan fingerprint density at radius 2 is 0.867 bits per heavy atom. The van der Waals surface area contributed by atoms with E-state index in [1.54, 1.807) is 0 Å². The van der Waals surface area contributed by atoms with Crippen LogP contribution in [0.3, 0.4) is 0 Å². The molecule has 262 valence electrons. The van der Waals surface area contributed by atoms with Gasteiger partial charge < -0.3 is 42.6 Å². The minimum Gasteiger partial charge on any atom is -0.491 e. The van der Waals surface area contributed by atoms with Gasteiger partial charge in [0.05, 0.1) is 92.5 Å². The van der Waals surface area contributed by atoms with E-state index in [1.807, 2.05) is 6.92 Å².